The van der Waals surface area contributed by atoms with Crippen LogP contribution >= 0.6 is 11.3 Å². The molecule has 0 bridgehead atoms. The van der Waals surface area contributed by atoms with Gasteiger partial charge in [-0.15, -0.1) is 11.3 Å². The standard InChI is InChI=1S/C17H11F3N2OS/c1-9-15(10-2-5-12(18)6-3-10)21-17(24-9)22-16(23)11-4-7-13(19)14(20)8-11/h2-8H,1H3,(H,21,22,23). The molecule has 122 valence electrons. The van der Waals surface area contributed by atoms with Gasteiger partial charge in [0.1, 0.15) is 5.82 Å². The van der Waals surface area contributed by atoms with E-state index in [2.05, 4.69) is 10.3 Å². The first-order chi connectivity index (χ1) is 11.4. The van der Waals surface area contributed by atoms with Crippen molar-refractivity contribution in [1.82, 2.24) is 4.98 Å². The largest absolute Gasteiger partial charge is 0.298 e. The molecule has 0 atom stereocenters. The molecule has 0 spiro atoms. The van der Waals surface area contributed by atoms with E-state index in [9.17, 15) is 18.0 Å². The molecule has 24 heavy (non-hydrogen) atoms. The third kappa shape index (κ3) is 3.30. The summed E-state index contributed by atoms with van der Waals surface area (Å²) in [5.74, 6) is -3.05. The van der Waals surface area contributed by atoms with Gasteiger partial charge in [0.05, 0.1) is 5.69 Å². The van der Waals surface area contributed by atoms with Crippen LogP contribution in [0.3, 0.4) is 0 Å². The van der Waals surface area contributed by atoms with Crippen LogP contribution in [0, 0.1) is 24.4 Å². The highest BCUT2D eigenvalue weighted by Crippen LogP contribution is 2.30. The van der Waals surface area contributed by atoms with Gasteiger partial charge in [0, 0.05) is 16.0 Å². The van der Waals surface area contributed by atoms with Crippen LogP contribution in [-0.2, 0) is 0 Å². The molecule has 0 saturated heterocycles. The Balaban J connectivity index is 1.83. The molecule has 1 heterocycles. The minimum atomic E-state index is -1.09. The Morgan fingerprint density at radius 1 is 1.04 bits per heavy atom. The van der Waals surface area contributed by atoms with Gasteiger partial charge < -0.3 is 0 Å². The molecule has 3 rings (SSSR count). The number of amides is 1. The Morgan fingerprint density at radius 2 is 1.75 bits per heavy atom. The Hall–Kier alpha value is -2.67. The molecule has 1 N–H and O–H groups in total. The van der Waals surface area contributed by atoms with Crippen molar-refractivity contribution in [2.45, 2.75) is 6.92 Å². The molecular formula is C17H11F3N2OS. The molecule has 1 amide bonds. The second-order valence-corrected chi connectivity index (χ2v) is 6.22. The van der Waals surface area contributed by atoms with Crippen molar-refractivity contribution in [2.75, 3.05) is 5.32 Å². The molecule has 7 heteroatoms. The van der Waals surface area contributed by atoms with E-state index >= 15 is 0 Å². The van der Waals surface area contributed by atoms with Gasteiger partial charge in [-0.2, -0.15) is 0 Å². The Labute approximate surface area is 139 Å². The Kier molecular flexibility index (Phi) is 4.35. The van der Waals surface area contributed by atoms with E-state index in [4.69, 9.17) is 0 Å². The minimum absolute atomic E-state index is 0.00918. The second-order valence-electron chi connectivity index (χ2n) is 5.01. The summed E-state index contributed by atoms with van der Waals surface area (Å²) in [5.41, 5.74) is 1.34. The third-order valence-electron chi connectivity index (χ3n) is 3.32. The summed E-state index contributed by atoms with van der Waals surface area (Å²) in [6.07, 6.45) is 0. The Morgan fingerprint density at radius 3 is 2.42 bits per heavy atom. The van der Waals surface area contributed by atoms with Gasteiger partial charge in [-0.05, 0) is 49.4 Å². The van der Waals surface area contributed by atoms with Gasteiger partial charge in [0.25, 0.3) is 5.91 Å². The molecule has 1 aromatic heterocycles. The van der Waals surface area contributed by atoms with E-state index < -0.39 is 17.5 Å². The SMILES string of the molecule is Cc1sc(NC(=O)c2ccc(F)c(F)c2)nc1-c1ccc(F)cc1. The van der Waals surface area contributed by atoms with E-state index in [1.165, 1.54) is 29.5 Å². The van der Waals surface area contributed by atoms with Gasteiger partial charge in [0.15, 0.2) is 16.8 Å². The van der Waals surface area contributed by atoms with Gasteiger partial charge in [0.2, 0.25) is 0 Å². The molecule has 3 nitrogen and oxygen atoms in total. The van der Waals surface area contributed by atoms with Crippen molar-refractivity contribution >= 4 is 22.4 Å². The lowest BCUT2D eigenvalue weighted by Gasteiger charge is -2.02. The highest BCUT2D eigenvalue weighted by atomic mass is 32.1. The monoisotopic (exact) mass is 348 g/mol. The molecule has 0 aliphatic carbocycles. The summed E-state index contributed by atoms with van der Waals surface area (Å²) < 4.78 is 39.1. The number of carbonyl (C=O) groups excluding carboxylic acids is 1. The summed E-state index contributed by atoms with van der Waals surface area (Å²) >= 11 is 1.24. The number of aryl methyl sites for hydroxylation is 1. The smallest absolute Gasteiger partial charge is 0.257 e. The number of carbonyl (C=O) groups is 1. The highest BCUT2D eigenvalue weighted by Gasteiger charge is 2.14. The summed E-state index contributed by atoms with van der Waals surface area (Å²) in [4.78, 5) is 17.2. The first kappa shape index (κ1) is 16.2. The van der Waals surface area contributed by atoms with Crippen LogP contribution in [0.25, 0.3) is 11.3 Å². The van der Waals surface area contributed by atoms with Crippen LogP contribution in [0.1, 0.15) is 15.2 Å². The summed E-state index contributed by atoms with van der Waals surface area (Å²) in [6, 6.07) is 8.75. The van der Waals surface area contributed by atoms with E-state index in [-0.39, 0.29) is 11.4 Å². The zero-order valence-corrected chi connectivity index (χ0v) is 13.3. The minimum Gasteiger partial charge on any atom is -0.298 e. The molecule has 0 saturated carbocycles. The average molecular weight is 348 g/mol. The number of anilines is 1. The molecule has 2 aromatic carbocycles. The molecule has 0 radical (unpaired) electrons. The predicted octanol–water partition coefficient (Wildman–Crippen LogP) is 4.79. The third-order valence-corrected chi connectivity index (χ3v) is 4.20. The van der Waals surface area contributed by atoms with Crippen LogP contribution in [0.5, 0.6) is 0 Å². The number of halogens is 3. The fourth-order valence-electron chi connectivity index (χ4n) is 2.13. The van der Waals surface area contributed by atoms with Crippen LogP contribution in [0.15, 0.2) is 42.5 Å². The van der Waals surface area contributed by atoms with Crippen molar-refractivity contribution < 1.29 is 18.0 Å². The molecule has 0 unspecified atom stereocenters. The summed E-state index contributed by atoms with van der Waals surface area (Å²) in [7, 11) is 0. The van der Waals surface area contributed by atoms with Gasteiger partial charge >= 0.3 is 0 Å². The second kappa shape index (κ2) is 6.45. The van der Waals surface area contributed by atoms with Crippen molar-refractivity contribution in [1.29, 1.82) is 0 Å². The molecule has 0 aliphatic rings. The van der Waals surface area contributed by atoms with Gasteiger partial charge in [-0.25, -0.2) is 18.2 Å². The van der Waals surface area contributed by atoms with Crippen LogP contribution < -0.4 is 5.32 Å². The number of nitrogens with one attached hydrogen (secondary N) is 1. The van der Waals surface area contributed by atoms with E-state index in [1.807, 2.05) is 6.92 Å². The Bertz CT molecular complexity index is 907. The van der Waals surface area contributed by atoms with Crippen LogP contribution in [0.2, 0.25) is 0 Å². The zero-order valence-electron chi connectivity index (χ0n) is 12.4. The predicted molar refractivity (Wildman–Crippen MR) is 86.6 cm³/mol. The van der Waals surface area contributed by atoms with Crippen molar-refractivity contribution in [2.24, 2.45) is 0 Å². The zero-order chi connectivity index (χ0) is 17.3. The van der Waals surface area contributed by atoms with Crippen LogP contribution in [0.4, 0.5) is 18.3 Å². The summed E-state index contributed by atoms with van der Waals surface area (Å²) in [5, 5.41) is 2.87. The lowest BCUT2D eigenvalue weighted by atomic mass is 10.1. The number of benzene rings is 2. The number of hydrogen-bond acceptors (Lipinski definition) is 3. The first-order valence-corrected chi connectivity index (χ1v) is 7.75. The number of nitrogens with zero attached hydrogens (tertiary/aromatic N) is 1. The van der Waals surface area contributed by atoms with E-state index in [0.29, 0.717) is 10.8 Å². The maximum atomic E-state index is 13.2. The number of aromatic nitrogens is 1. The van der Waals surface area contributed by atoms with E-state index in [0.717, 1.165) is 22.6 Å². The van der Waals surface area contributed by atoms with Crippen molar-refractivity contribution in [3.8, 4) is 11.3 Å². The lowest BCUT2D eigenvalue weighted by molar-refractivity contribution is 0.102. The van der Waals surface area contributed by atoms with Crippen molar-refractivity contribution in [3.63, 3.8) is 0 Å². The number of thiazole rings is 1. The fraction of sp³-hybridized carbons (Fsp3) is 0.0588. The quantitative estimate of drug-likeness (QED) is 0.739. The lowest BCUT2D eigenvalue weighted by Crippen LogP contribution is -2.12. The number of rotatable bonds is 3. The number of hydrogen-bond donors (Lipinski definition) is 1. The fourth-order valence-corrected chi connectivity index (χ4v) is 2.96. The van der Waals surface area contributed by atoms with Gasteiger partial charge in [-0.1, -0.05) is 0 Å². The summed E-state index contributed by atoms with van der Waals surface area (Å²) in [6.45, 7) is 1.82. The van der Waals surface area contributed by atoms with E-state index in [1.54, 1.807) is 12.1 Å². The molecular weight excluding hydrogens is 337 g/mol. The molecule has 3 aromatic rings. The topological polar surface area (TPSA) is 42.0 Å². The maximum Gasteiger partial charge on any atom is 0.257 e. The molecule has 0 aliphatic heterocycles. The normalized spacial score (nSPS) is 10.7. The first-order valence-electron chi connectivity index (χ1n) is 6.94. The van der Waals surface area contributed by atoms with Crippen LogP contribution in [-0.4, -0.2) is 10.9 Å². The van der Waals surface area contributed by atoms with Crippen molar-refractivity contribution in [3.05, 3.63) is 70.4 Å². The average Bonchev–Trinajstić information content (AvgIpc) is 2.91. The van der Waals surface area contributed by atoms with Gasteiger partial charge in [-0.3, -0.25) is 10.1 Å². The maximum absolute atomic E-state index is 13.2. The highest BCUT2D eigenvalue weighted by molar-refractivity contribution is 7.16. The molecule has 0 fully saturated rings.